The van der Waals surface area contributed by atoms with Crippen LogP contribution in [0.3, 0.4) is 0 Å². The topological polar surface area (TPSA) is 80.1 Å². The normalized spacial score (nSPS) is 15.5. The van der Waals surface area contributed by atoms with Gasteiger partial charge < -0.3 is 14.8 Å². The van der Waals surface area contributed by atoms with Gasteiger partial charge in [-0.1, -0.05) is 48.5 Å². The second kappa shape index (κ2) is 10.6. The molecule has 0 saturated carbocycles. The van der Waals surface area contributed by atoms with E-state index < -0.39 is 0 Å². The average molecular weight is 498 g/mol. The molecule has 2 heterocycles. The first-order chi connectivity index (χ1) is 16.4. The van der Waals surface area contributed by atoms with Crippen molar-refractivity contribution in [3.8, 4) is 0 Å². The summed E-state index contributed by atoms with van der Waals surface area (Å²) in [5.74, 6) is 0.830. The second-order valence-corrected chi connectivity index (χ2v) is 9.74. The van der Waals surface area contributed by atoms with Gasteiger partial charge in [0, 0.05) is 29.9 Å². The number of halogens is 1. The highest BCUT2D eigenvalue weighted by Crippen LogP contribution is 2.33. The summed E-state index contributed by atoms with van der Waals surface area (Å²) in [6, 6.07) is 12.8. The van der Waals surface area contributed by atoms with Gasteiger partial charge >= 0.3 is 0 Å². The van der Waals surface area contributed by atoms with Crippen molar-refractivity contribution in [1.29, 1.82) is 0 Å². The van der Waals surface area contributed by atoms with Gasteiger partial charge in [0.2, 0.25) is 5.91 Å². The number of para-hydroxylation sites is 1. The van der Waals surface area contributed by atoms with Crippen molar-refractivity contribution in [2.75, 3.05) is 17.6 Å². The van der Waals surface area contributed by atoms with Crippen molar-refractivity contribution in [3.63, 3.8) is 0 Å². The van der Waals surface area contributed by atoms with E-state index in [4.69, 9.17) is 11.6 Å². The van der Waals surface area contributed by atoms with Gasteiger partial charge in [-0.15, -0.1) is 10.2 Å². The summed E-state index contributed by atoms with van der Waals surface area (Å²) in [7, 11) is 1.88. The number of amides is 2. The molecule has 3 aromatic rings. The van der Waals surface area contributed by atoms with E-state index in [9.17, 15) is 9.59 Å². The van der Waals surface area contributed by atoms with Crippen LogP contribution in [0.1, 0.15) is 53.1 Å². The quantitative estimate of drug-likeness (QED) is 0.462. The summed E-state index contributed by atoms with van der Waals surface area (Å²) < 4.78 is 1.89. The van der Waals surface area contributed by atoms with Gasteiger partial charge in [-0.25, -0.2) is 0 Å². The largest absolute Gasteiger partial charge is 0.328 e. The van der Waals surface area contributed by atoms with Gasteiger partial charge in [0.15, 0.2) is 11.0 Å². The zero-order chi connectivity index (χ0) is 24.2. The van der Waals surface area contributed by atoms with Gasteiger partial charge in [0.1, 0.15) is 0 Å². The fraction of sp³-hybridized carbons (Fsp3) is 0.360. The van der Waals surface area contributed by atoms with Crippen molar-refractivity contribution in [2.45, 2.75) is 44.3 Å². The fourth-order valence-electron chi connectivity index (χ4n) is 4.29. The van der Waals surface area contributed by atoms with Gasteiger partial charge in [-0.3, -0.25) is 9.59 Å². The lowest BCUT2D eigenvalue weighted by Crippen LogP contribution is -2.31. The summed E-state index contributed by atoms with van der Waals surface area (Å²) in [6.07, 6.45) is 2.57. The van der Waals surface area contributed by atoms with Crippen molar-refractivity contribution >= 4 is 40.9 Å². The SMILES string of the molecule is CCc1cccc(C)c1NC(=O)CSc1nnc(C2CCCN2C(=O)c2ccc(Cl)cc2)n1C. The van der Waals surface area contributed by atoms with Crippen LogP contribution in [0.15, 0.2) is 47.6 Å². The number of nitrogens with one attached hydrogen (secondary N) is 1. The molecule has 0 aliphatic carbocycles. The lowest BCUT2D eigenvalue weighted by Gasteiger charge is -2.24. The number of thioether (sulfide) groups is 1. The number of aromatic nitrogens is 3. The predicted octanol–water partition coefficient (Wildman–Crippen LogP) is 5.05. The first-order valence-electron chi connectivity index (χ1n) is 11.4. The Labute approximate surface area is 208 Å². The summed E-state index contributed by atoms with van der Waals surface area (Å²) in [6.45, 7) is 4.74. The minimum absolute atomic E-state index is 0.0410. The molecule has 1 fully saturated rings. The molecule has 1 atom stereocenters. The molecular formula is C25H28ClN5O2S. The van der Waals surface area contributed by atoms with Crippen LogP contribution in [-0.2, 0) is 18.3 Å². The van der Waals surface area contributed by atoms with Crippen LogP contribution in [0.4, 0.5) is 5.69 Å². The van der Waals surface area contributed by atoms with Crippen LogP contribution in [-0.4, -0.2) is 43.8 Å². The molecule has 1 unspecified atom stereocenters. The minimum atomic E-state index is -0.150. The van der Waals surface area contributed by atoms with Crippen LogP contribution >= 0.6 is 23.4 Å². The predicted molar refractivity (Wildman–Crippen MR) is 135 cm³/mol. The second-order valence-electron chi connectivity index (χ2n) is 8.36. The molecular weight excluding hydrogens is 470 g/mol. The van der Waals surface area contributed by atoms with Crippen LogP contribution < -0.4 is 5.32 Å². The molecule has 4 rings (SSSR count). The number of nitrogens with zero attached hydrogens (tertiary/aromatic N) is 4. The van der Waals surface area contributed by atoms with Gasteiger partial charge in [-0.2, -0.15) is 0 Å². The highest BCUT2D eigenvalue weighted by Gasteiger charge is 2.34. The molecule has 0 radical (unpaired) electrons. The van der Waals surface area contributed by atoms with E-state index >= 15 is 0 Å². The lowest BCUT2D eigenvalue weighted by molar-refractivity contribution is -0.113. The molecule has 1 aliphatic rings. The highest BCUT2D eigenvalue weighted by molar-refractivity contribution is 7.99. The van der Waals surface area contributed by atoms with Crippen LogP contribution in [0.25, 0.3) is 0 Å². The summed E-state index contributed by atoms with van der Waals surface area (Å²) in [5, 5.41) is 13.0. The molecule has 1 N–H and O–H groups in total. The first-order valence-corrected chi connectivity index (χ1v) is 12.7. The van der Waals surface area contributed by atoms with E-state index in [1.165, 1.54) is 11.8 Å². The maximum absolute atomic E-state index is 13.1. The number of hydrogen-bond donors (Lipinski definition) is 1. The molecule has 1 saturated heterocycles. The number of likely N-dealkylation sites (tertiary alicyclic amines) is 1. The maximum Gasteiger partial charge on any atom is 0.254 e. The molecule has 1 aliphatic heterocycles. The van der Waals surface area contributed by atoms with Crippen molar-refractivity contribution in [2.24, 2.45) is 7.05 Å². The smallest absolute Gasteiger partial charge is 0.254 e. The molecule has 2 amide bonds. The molecule has 9 heteroatoms. The zero-order valence-electron chi connectivity index (χ0n) is 19.5. The Morgan fingerprint density at radius 2 is 1.94 bits per heavy atom. The molecule has 0 bridgehead atoms. The fourth-order valence-corrected chi connectivity index (χ4v) is 5.13. The average Bonchev–Trinajstić information content (AvgIpc) is 3.45. The Bertz CT molecular complexity index is 1190. The molecule has 178 valence electrons. The number of carbonyl (C=O) groups excluding carboxylic acids is 2. The number of aryl methyl sites for hydroxylation is 2. The van der Waals surface area contributed by atoms with Crippen LogP contribution in [0, 0.1) is 6.92 Å². The van der Waals surface area contributed by atoms with E-state index in [2.05, 4.69) is 22.4 Å². The standard InChI is InChI=1S/C25H28ClN5O2S/c1-4-17-8-5-7-16(2)22(17)27-21(32)15-34-25-29-28-23(30(25)3)20-9-6-14-31(20)24(33)18-10-12-19(26)13-11-18/h5,7-8,10-13,20H,4,6,9,14-15H2,1-3H3,(H,27,32). The summed E-state index contributed by atoms with van der Waals surface area (Å²) >= 11 is 7.31. The number of rotatable bonds is 7. The molecule has 1 aromatic heterocycles. The molecule has 7 nitrogen and oxygen atoms in total. The zero-order valence-corrected chi connectivity index (χ0v) is 21.1. The van der Waals surface area contributed by atoms with Crippen LogP contribution in [0.5, 0.6) is 0 Å². The van der Waals surface area contributed by atoms with E-state index in [0.29, 0.717) is 22.3 Å². The third kappa shape index (κ3) is 5.13. The minimum Gasteiger partial charge on any atom is -0.328 e. The van der Waals surface area contributed by atoms with Gasteiger partial charge in [0.25, 0.3) is 5.91 Å². The van der Waals surface area contributed by atoms with E-state index in [1.54, 1.807) is 24.3 Å². The van der Waals surface area contributed by atoms with Crippen molar-refractivity contribution in [1.82, 2.24) is 19.7 Å². The van der Waals surface area contributed by atoms with Crippen LogP contribution in [0.2, 0.25) is 5.02 Å². The highest BCUT2D eigenvalue weighted by atomic mass is 35.5. The number of benzene rings is 2. The van der Waals surface area contributed by atoms with Gasteiger partial charge in [0.05, 0.1) is 11.8 Å². The molecule has 2 aromatic carbocycles. The summed E-state index contributed by atoms with van der Waals surface area (Å²) in [4.78, 5) is 27.6. The Morgan fingerprint density at radius 1 is 1.18 bits per heavy atom. The Morgan fingerprint density at radius 3 is 2.68 bits per heavy atom. The molecule has 34 heavy (non-hydrogen) atoms. The Kier molecular flexibility index (Phi) is 7.58. The number of anilines is 1. The number of hydrogen-bond acceptors (Lipinski definition) is 5. The third-order valence-corrected chi connectivity index (χ3v) is 7.38. The van der Waals surface area contributed by atoms with E-state index in [-0.39, 0.29) is 23.6 Å². The van der Waals surface area contributed by atoms with E-state index in [0.717, 1.165) is 41.9 Å². The third-order valence-electron chi connectivity index (χ3n) is 6.11. The van der Waals surface area contributed by atoms with Crippen molar-refractivity contribution < 1.29 is 9.59 Å². The lowest BCUT2D eigenvalue weighted by atomic mass is 10.1. The molecule has 0 spiro atoms. The first kappa shape index (κ1) is 24.3. The Hall–Kier alpha value is -2.84. The number of carbonyl (C=O) groups is 2. The monoisotopic (exact) mass is 497 g/mol. The van der Waals surface area contributed by atoms with Gasteiger partial charge in [-0.05, 0) is 61.6 Å². The van der Waals surface area contributed by atoms with Crippen molar-refractivity contribution in [3.05, 3.63) is 70.0 Å². The maximum atomic E-state index is 13.1. The van der Waals surface area contributed by atoms with E-state index in [1.807, 2.05) is 41.6 Å². The Balaban J connectivity index is 1.43. The summed E-state index contributed by atoms with van der Waals surface area (Å²) in [5.41, 5.74) is 3.65.